The van der Waals surface area contributed by atoms with Crippen LogP contribution in [-0.2, 0) is 4.79 Å². The molecule has 2 aromatic carbocycles. The average molecular weight is 474 g/mol. The number of aromatic nitrogens is 4. The zero-order valence-electron chi connectivity index (χ0n) is 19.1. The average Bonchev–Trinajstić information content (AvgIpc) is 3.33. The van der Waals surface area contributed by atoms with Crippen LogP contribution in [0.4, 0.5) is 0 Å². The van der Waals surface area contributed by atoms with Crippen LogP contribution in [-0.4, -0.2) is 59.7 Å². The second-order valence-corrected chi connectivity index (χ2v) is 7.13. The molecule has 11 nitrogen and oxygen atoms in total. The van der Waals surface area contributed by atoms with Crippen molar-refractivity contribution in [3.8, 4) is 40.6 Å². The maximum absolute atomic E-state index is 12.0. The molecule has 11 heteroatoms. The molecule has 4 rings (SSSR count). The smallest absolute Gasteiger partial charge is 0.258 e. The van der Waals surface area contributed by atoms with Crippen LogP contribution < -0.4 is 24.3 Å². The highest BCUT2D eigenvalue weighted by Crippen LogP contribution is 2.31. The van der Waals surface area contributed by atoms with Gasteiger partial charge in [0.15, 0.2) is 29.6 Å². The lowest BCUT2D eigenvalue weighted by atomic mass is 10.2. The van der Waals surface area contributed by atoms with Gasteiger partial charge in [-0.1, -0.05) is 12.1 Å². The molecular weight excluding hydrogens is 452 g/mol. The van der Waals surface area contributed by atoms with Gasteiger partial charge in [0.2, 0.25) is 5.88 Å². The number of hydrogen-bond donors (Lipinski definition) is 1. The van der Waals surface area contributed by atoms with E-state index < -0.39 is 0 Å². The highest BCUT2D eigenvalue weighted by molar-refractivity contribution is 5.77. The number of amides is 1. The number of nitrogens with zero attached hydrogens (tertiary/aromatic N) is 5. The molecule has 0 aliphatic heterocycles. The summed E-state index contributed by atoms with van der Waals surface area (Å²) in [4.78, 5) is 12.0. The van der Waals surface area contributed by atoms with E-state index in [1.165, 1.54) is 0 Å². The third-order valence-corrected chi connectivity index (χ3v) is 4.92. The molecule has 2 heterocycles. The minimum absolute atomic E-state index is 0.187. The first-order chi connectivity index (χ1) is 17.1. The number of rotatable bonds is 10. The van der Waals surface area contributed by atoms with E-state index in [4.69, 9.17) is 24.2 Å². The SMILES string of the molecule is COc1ccc(-c2nnc3ccc(OCCNC(=O)COc4ccccc4C#N)nn23)cc1OC. The first-order valence-corrected chi connectivity index (χ1v) is 10.6. The Morgan fingerprint density at radius 3 is 2.63 bits per heavy atom. The minimum Gasteiger partial charge on any atom is -0.493 e. The van der Waals surface area contributed by atoms with Gasteiger partial charge in [0.1, 0.15) is 18.4 Å². The number of carbonyl (C=O) groups is 1. The number of methoxy groups -OCH3 is 2. The summed E-state index contributed by atoms with van der Waals surface area (Å²) in [7, 11) is 3.13. The van der Waals surface area contributed by atoms with Gasteiger partial charge in [-0.05, 0) is 36.4 Å². The Labute approximate surface area is 200 Å². The fraction of sp³-hybridized carbons (Fsp3) is 0.208. The van der Waals surface area contributed by atoms with Crippen LogP contribution in [0.5, 0.6) is 23.1 Å². The van der Waals surface area contributed by atoms with E-state index in [0.29, 0.717) is 40.2 Å². The summed E-state index contributed by atoms with van der Waals surface area (Å²) in [5.41, 5.74) is 1.65. The van der Waals surface area contributed by atoms with Gasteiger partial charge in [0, 0.05) is 11.6 Å². The fourth-order valence-corrected chi connectivity index (χ4v) is 3.23. The third-order valence-electron chi connectivity index (χ3n) is 4.92. The lowest BCUT2D eigenvalue weighted by Crippen LogP contribution is -2.32. The van der Waals surface area contributed by atoms with Gasteiger partial charge in [0.05, 0.1) is 26.3 Å². The van der Waals surface area contributed by atoms with Crippen LogP contribution in [0.25, 0.3) is 17.0 Å². The van der Waals surface area contributed by atoms with E-state index in [9.17, 15) is 4.79 Å². The molecule has 0 aliphatic rings. The molecule has 0 radical (unpaired) electrons. The van der Waals surface area contributed by atoms with Crippen LogP contribution in [0.15, 0.2) is 54.6 Å². The number of fused-ring (bicyclic) bond motifs is 1. The summed E-state index contributed by atoms with van der Waals surface area (Å²) in [5, 5.41) is 24.6. The van der Waals surface area contributed by atoms with Gasteiger partial charge < -0.3 is 24.3 Å². The first kappa shape index (κ1) is 23.3. The fourth-order valence-electron chi connectivity index (χ4n) is 3.23. The van der Waals surface area contributed by atoms with E-state index in [1.807, 2.05) is 12.1 Å². The van der Waals surface area contributed by atoms with Crippen molar-refractivity contribution in [2.24, 2.45) is 0 Å². The van der Waals surface area contributed by atoms with Crippen LogP contribution in [0.2, 0.25) is 0 Å². The van der Waals surface area contributed by atoms with Gasteiger partial charge >= 0.3 is 0 Å². The van der Waals surface area contributed by atoms with Crippen LogP contribution >= 0.6 is 0 Å². The molecule has 1 N–H and O–H groups in total. The Morgan fingerprint density at radius 1 is 1.00 bits per heavy atom. The van der Waals surface area contributed by atoms with Gasteiger partial charge in [0.25, 0.3) is 5.91 Å². The van der Waals surface area contributed by atoms with Gasteiger partial charge in [-0.15, -0.1) is 15.3 Å². The predicted molar refractivity (Wildman–Crippen MR) is 124 cm³/mol. The maximum atomic E-state index is 12.0. The molecule has 0 spiro atoms. The molecule has 4 aromatic rings. The highest BCUT2D eigenvalue weighted by atomic mass is 16.5. The van der Waals surface area contributed by atoms with E-state index in [2.05, 4.69) is 20.6 Å². The topological polar surface area (TPSA) is 133 Å². The number of ether oxygens (including phenoxy) is 4. The summed E-state index contributed by atoms with van der Waals surface area (Å²) >= 11 is 0. The number of benzene rings is 2. The monoisotopic (exact) mass is 474 g/mol. The summed E-state index contributed by atoms with van der Waals surface area (Å²) in [6.45, 7) is 0.220. The molecule has 0 aliphatic carbocycles. The maximum Gasteiger partial charge on any atom is 0.258 e. The largest absolute Gasteiger partial charge is 0.493 e. The second kappa shape index (κ2) is 10.8. The predicted octanol–water partition coefficient (Wildman–Crippen LogP) is 2.25. The van der Waals surface area contributed by atoms with Gasteiger partial charge in [-0.25, -0.2) is 0 Å². The van der Waals surface area contributed by atoms with Crippen molar-refractivity contribution in [3.05, 3.63) is 60.2 Å². The molecule has 0 saturated carbocycles. The number of para-hydroxylation sites is 1. The van der Waals surface area contributed by atoms with Crippen molar-refractivity contribution in [3.63, 3.8) is 0 Å². The van der Waals surface area contributed by atoms with Crippen molar-refractivity contribution in [2.45, 2.75) is 0 Å². The molecule has 0 fully saturated rings. The summed E-state index contributed by atoms with van der Waals surface area (Å²) < 4.78 is 23.3. The van der Waals surface area contributed by atoms with Crippen molar-refractivity contribution in [2.75, 3.05) is 34.0 Å². The lowest BCUT2D eigenvalue weighted by Gasteiger charge is -2.10. The summed E-state index contributed by atoms with van der Waals surface area (Å²) in [5.74, 6) is 2.04. The first-order valence-electron chi connectivity index (χ1n) is 10.6. The quantitative estimate of drug-likeness (QED) is 0.344. The molecule has 1 amide bonds. The Hall–Kier alpha value is -4.85. The minimum atomic E-state index is -0.334. The van der Waals surface area contributed by atoms with E-state index >= 15 is 0 Å². The van der Waals surface area contributed by atoms with E-state index in [1.54, 1.807) is 67.3 Å². The number of carbonyl (C=O) groups excluding carboxylic acids is 1. The van der Waals surface area contributed by atoms with Gasteiger partial charge in [-0.2, -0.15) is 9.78 Å². The van der Waals surface area contributed by atoms with Crippen LogP contribution in [0.3, 0.4) is 0 Å². The number of nitriles is 1. The van der Waals surface area contributed by atoms with Crippen molar-refractivity contribution in [1.29, 1.82) is 5.26 Å². The Balaban J connectivity index is 1.34. The van der Waals surface area contributed by atoms with Crippen LogP contribution in [0.1, 0.15) is 5.56 Å². The zero-order chi connectivity index (χ0) is 24.6. The van der Waals surface area contributed by atoms with Gasteiger partial charge in [-0.3, -0.25) is 4.79 Å². The highest BCUT2D eigenvalue weighted by Gasteiger charge is 2.14. The molecule has 178 valence electrons. The summed E-state index contributed by atoms with van der Waals surface area (Å²) in [6.07, 6.45) is 0. The molecule has 35 heavy (non-hydrogen) atoms. The third kappa shape index (κ3) is 5.39. The second-order valence-electron chi connectivity index (χ2n) is 7.13. The Morgan fingerprint density at radius 2 is 1.83 bits per heavy atom. The normalized spacial score (nSPS) is 10.4. The summed E-state index contributed by atoms with van der Waals surface area (Å²) in [6, 6.07) is 17.5. The lowest BCUT2D eigenvalue weighted by molar-refractivity contribution is -0.123. The van der Waals surface area contributed by atoms with E-state index in [-0.39, 0.29) is 25.7 Å². The van der Waals surface area contributed by atoms with Crippen LogP contribution in [0, 0.1) is 11.3 Å². The molecule has 2 aromatic heterocycles. The molecular formula is C24H22N6O5. The standard InChI is InChI=1S/C24H22N6O5/c1-32-19-8-7-16(13-20(19)33-2)24-28-27-21-9-10-23(29-30(21)24)34-12-11-26-22(31)15-35-18-6-4-3-5-17(18)14-25/h3-10,13H,11-12,15H2,1-2H3,(H,26,31). The number of nitrogens with one attached hydrogen (secondary N) is 1. The molecule has 0 saturated heterocycles. The zero-order valence-corrected chi connectivity index (χ0v) is 19.1. The Bertz CT molecular complexity index is 1380. The molecule has 0 unspecified atom stereocenters. The number of hydrogen-bond acceptors (Lipinski definition) is 9. The molecule has 0 bridgehead atoms. The van der Waals surface area contributed by atoms with E-state index in [0.717, 1.165) is 5.56 Å². The van der Waals surface area contributed by atoms with Crippen molar-refractivity contribution < 1.29 is 23.7 Å². The molecule has 0 atom stereocenters. The van der Waals surface area contributed by atoms with Crippen molar-refractivity contribution >= 4 is 11.6 Å². The Kier molecular flexibility index (Phi) is 7.22. The van der Waals surface area contributed by atoms with Crippen molar-refractivity contribution in [1.82, 2.24) is 25.1 Å².